The van der Waals surface area contributed by atoms with Crippen molar-refractivity contribution in [3.8, 4) is 0 Å². The lowest BCUT2D eigenvalue weighted by Crippen LogP contribution is -2.29. The Balaban J connectivity index is 3.59. The van der Waals surface area contributed by atoms with Crippen LogP contribution in [0.15, 0.2) is 0 Å². The molecule has 0 aromatic carbocycles. The average molecular weight is 259 g/mol. The molecule has 0 aromatic rings. The van der Waals surface area contributed by atoms with Gasteiger partial charge in [-0.05, 0) is 12.3 Å². The fraction of sp³-hybridized carbons (Fsp3) is 0.846. The lowest BCUT2D eigenvalue weighted by atomic mass is 9.95. The summed E-state index contributed by atoms with van der Waals surface area (Å²) >= 11 is 0. The summed E-state index contributed by atoms with van der Waals surface area (Å²) in [6.45, 7) is 6.09. The van der Waals surface area contributed by atoms with Crippen LogP contribution in [0.3, 0.4) is 0 Å². The van der Waals surface area contributed by atoms with Crippen LogP contribution in [0.5, 0.6) is 0 Å². The highest BCUT2D eigenvalue weighted by Gasteiger charge is 2.14. The number of methoxy groups -OCH3 is 1. The van der Waals surface area contributed by atoms with E-state index in [1.165, 1.54) is 0 Å². The number of aldehydes is 1. The fourth-order valence-electron chi connectivity index (χ4n) is 1.61. The predicted octanol–water partition coefficient (Wildman–Crippen LogP) is 1.02. The number of carbonyl (C=O) groups is 2. The summed E-state index contributed by atoms with van der Waals surface area (Å²) in [5.41, 5.74) is 0. The van der Waals surface area contributed by atoms with Crippen molar-refractivity contribution in [2.45, 2.75) is 26.7 Å². The molecule has 1 atom stereocenters. The van der Waals surface area contributed by atoms with Crippen LogP contribution in [0.2, 0.25) is 0 Å². The Morgan fingerprint density at radius 2 is 2.00 bits per heavy atom. The van der Waals surface area contributed by atoms with Gasteiger partial charge in [-0.25, -0.2) is 0 Å². The zero-order valence-corrected chi connectivity index (χ0v) is 11.6. The molecule has 0 aliphatic carbocycles. The first-order valence-corrected chi connectivity index (χ1v) is 6.38. The normalized spacial score (nSPS) is 12.4. The van der Waals surface area contributed by atoms with Crippen LogP contribution >= 0.6 is 0 Å². The van der Waals surface area contributed by atoms with Crippen LogP contribution in [0, 0.1) is 11.8 Å². The first kappa shape index (κ1) is 17.1. The largest absolute Gasteiger partial charge is 0.382 e. The molecule has 0 saturated carbocycles. The van der Waals surface area contributed by atoms with Crippen molar-refractivity contribution in [1.29, 1.82) is 0 Å². The summed E-state index contributed by atoms with van der Waals surface area (Å²) in [6, 6.07) is 0. The predicted molar refractivity (Wildman–Crippen MR) is 69.3 cm³/mol. The molecule has 0 aromatic heterocycles. The van der Waals surface area contributed by atoms with Crippen LogP contribution in [-0.4, -0.2) is 45.7 Å². The Morgan fingerprint density at radius 3 is 2.56 bits per heavy atom. The molecule has 1 amide bonds. The van der Waals surface area contributed by atoms with E-state index in [4.69, 9.17) is 9.47 Å². The molecule has 0 saturated heterocycles. The molecule has 0 bridgehead atoms. The van der Waals surface area contributed by atoms with Crippen LogP contribution in [-0.2, 0) is 19.1 Å². The average Bonchev–Trinajstić information content (AvgIpc) is 2.32. The number of nitrogens with one attached hydrogen (secondary N) is 1. The van der Waals surface area contributed by atoms with Crippen LogP contribution < -0.4 is 5.32 Å². The molecule has 5 heteroatoms. The van der Waals surface area contributed by atoms with Crippen molar-refractivity contribution >= 4 is 12.2 Å². The lowest BCUT2D eigenvalue weighted by molar-refractivity contribution is -0.125. The first-order chi connectivity index (χ1) is 8.60. The van der Waals surface area contributed by atoms with E-state index in [2.05, 4.69) is 5.32 Å². The first-order valence-electron chi connectivity index (χ1n) is 6.38. The second kappa shape index (κ2) is 11.2. The van der Waals surface area contributed by atoms with E-state index in [1.54, 1.807) is 7.11 Å². The zero-order chi connectivity index (χ0) is 13.8. The minimum absolute atomic E-state index is 0.0944. The van der Waals surface area contributed by atoms with Crippen LogP contribution in [0.25, 0.3) is 0 Å². The van der Waals surface area contributed by atoms with Crippen molar-refractivity contribution in [2.24, 2.45) is 11.8 Å². The Kier molecular flexibility index (Phi) is 10.6. The second-order valence-electron chi connectivity index (χ2n) is 4.68. The maximum Gasteiger partial charge on any atom is 0.220 e. The summed E-state index contributed by atoms with van der Waals surface area (Å²) in [4.78, 5) is 22.3. The highest BCUT2D eigenvalue weighted by Crippen LogP contribution is 2.12. The van der Waals surface area contributed by atoms with Gasteiger partial charge in [0.05, 0.1) is 19.8 Å². The van der Waals surface area contributed by atoms with Gasteiger partial charge in [0, 0.05) is 26.0 Å². The van der Waals surface area contributed by atoms with Gasteiger partial charge in [0.15, 0.2) is 0 Å². The number of carbonyl (C=O) groups excluding carboxylic acids is 2. The smallest absolute Gasteiger partial charge is 0.220 e. The summed E-state index contributed by atoms with van der Waals surface area (Å²) in [5, 5.41) is 2.73. The number of hydrogen-bond acceptors (Lipinski definition) is 4. The van der Waals surface area contributed by atoms with Crippen LogP contribution in [0.1, 0.15) is 26.7 Å². The SMILES string of the molecule is COCCOCCNC(=O)CC(C=O)CC(C)C. The van der Waals surface area contributed by atoms with E-state index in [0.717, 1.165) is 12.7 Å². The quantitative estimate of drug-likeness (QED) is 0.444. The third-order valence-corrected chi connectivity index (χ3v) is 2.41. The third-order valence-electron chi connectivity index (χ3n) is 2.41. The van der Waals surface area contributed by atoms with E-state index in [9.17, 15) is 9.59 Å². The molecule has 1 N–H and O–H groups in total. The van der Waals surface area contributed by atoms with Crippen molar-refractivity contribution in [2.75, 3.05) is 33.5 Å². The molecular weight excluding hydrogens is 234 g/mol. The van der Waals surface area contributed by atoms with Gasteiger partial charge >= 0.3 is 0 Å². The highest BCUT2D eigenvalue weighted by atomic mass is 16.5. The van der Waals surface area contributed by atoms with Crippen LogP contribution in [0.4, 0.5) is 0 Å². The molecule has 0 radical (unpaired) electrons. The maximum atomic E-state index is 11.5. The standard InChI is InChI=1S/C13H25NO4/c1-11(2)8-12(10-15)9-13(16)14-4-5-18-7-6-17-3/h10-12H,4-9H2,1-3H3,(H,14,16). The minimum atomic E-state index is -0.181. The van der Waals surface area contributed by atoms with Crippen molar-refractivity contribution in [3.63, 3.8) is 0 Å². The van der Waals surface area contributed by atoms with Gasteiger partial charge in [0.25, 0.3) is 0 Å². The molecule has 0 fully saturated rings. The van der Waals surface area contributed by atoms with Crippen molar-refractivity contribution in [1.82, 2.24) is 5.32 Å². The monoisotopic (exact) mass is 259 g/mol. The summed E-state index contributed by atoms with van der Waals surface area (Å²) in [5.74, 6) is 0.146. The Bertz CT molecular complexity index is 231. The number of amides is 1. The van der Waals surface area contributed by atoms with Gasteiger partial charge in [-0.1, -0.05) is 13.8 Å². The molecule has 0 aliphatic rings. The van der Waals surface area contributed by atoms with E-state index in [1.807, 2.05) is 13.8 Å². The van der Waals surface area contributed by atoms with Gasteiger partial charge < -0.3 is 19.6 Å². The van der Waals surface area contributed by atoms with Gasteiger partial charge in [-0.15, -0.1) is 0 Å². The summed E-state index contributed by atoms with van der Waals surface area (Å²) in [6.07, 6.45) is 1.88. The molecule has 0 spiro atoms. The summed E-state index contributed by atoms with van der Waals surface area (Å²) in [7, 11) is 1.61. The van der Waals surface area contributed by atoms with Gasteiger partial charge in [-0.2, -0.15) is 0 Å². The van der Waals surface area contributed by atoms with E-state index in [0.29, 0.717) is 32.3 Å². The van der Waals surface area contributed by atoms with Gasteiger partial charge in [-0.3, -0.25) is 4.79 Å². The Morgan fingerprint density at radius 1 is 1.28 bits per heavy atom. The minimum Gasteiger partial charge on any atom is -0.382 e. The Labute approximate surface area is 109 Å². The topological polar surface area (TPSA) is 64.6 Å². The highest BCUT2D eigenvalue weighted by molar-refractivity contribution is 5.78. The Hall–Kier alpha value is -0.940. The van der Waals surface area contributed by atoms with E-state index >= 15 is 0 Å². The second-order valence-corrected chi connectivity index (χ2v) is 4.68. The van der Waals surface area contributed by atoms with Gasteiger partial charge in [0.1, 0.15) is 6.29 Å². The molecule has 5 nitrogen and oxygen atoms in total. The van der Waals surface area contributed by atoms with Gasteiger partial charge in [0.2, 0.25) is 5.91 Å². The lowest BCUT2D eigenvalue weighted by Gasteiger charge is -2.12. The molecule has 106 valence electrons. The number of rotatable bonds is 11. The fourth-order valence-corrected chi connectivity index (χ4v) is 1.61. The zero-order valence-electron chi connectivity index (χ0n) is 11.6. The van der Waals surface area contributed by atoms with Crippen molar-refractivity contribution in [3.05, 3.63) is 0 Å². The van der Waals surface area contributed by atoms with E-state index < -0.39 is 0 Å². The van der Waals surface area contributed by atoms with E-state index in [-0.39, 0.29) is 18.2 Å². The molecule has 1 unspecified atom stereocenters. The number of hydrogen-bond donors (Lipinski definition) is 1. The number of ether oxygens (including phenoxy) is 2. The third kappa shape index (κ3) is 10.2. The molecule has 0 aliphatic heterocycles. The molecule has 0 rings (SSSR count). The molecule has 18 heavy (non-hydrogen) atoms. The van der Waals surface area contributed by atoms with Crippen molar-refractivity contribution < 1.29 is 19.1 Å². The summed E-state index contributed by atoms with van der Waals surface area (Å²) < 4.78 is 10.0. The molecule has 0 heterocycles. The molecular formula is C13H25NO4. The maximum absolute atomic E-state index is 11.5.